The second-order valence-corrected chi connectivity index (χ2v) is 9.63. The average molecular weight is 560 g/mol. The maximum atomic E-state index is 12.4. The number of ether oxygens (including phenoxy) is 6. The highest BCUT2D eigenvalue weighted by Crippen LogP contribution is 2.30. The second kappa shape index (κ2) is 16.8. The molecule has 2 rings (SSSR count). The van der Waals surface area contributed by atoms with Crippen molar-refractivity contribution in [2.24, 2.45) is 11.8 Å². The highest BCUT2D eigenvalue weighted by Gasteiger charge is 2.22. The van der Waals surface area contributed by atoms with Gasteiger partial charge in [0.1, 0.15) is 12.6 Å². The molecule has 0 radical (unpaired) electrons. The van der Waals surface area contributed by atoms with Crippen molar-refractivity contribution in [3.8, 4) is 11.5 Å². The number of nitrogens with one attached hydrogen (secondary N) is 1. The van der Waals surface area contributed by atoms with E-state index < -0.39 is 30.3 Å². The van der Waals surface area contributed by atoms with Crippen LogP contribution < -0.4 is 14.8 Å². The molecule has 0 aliphatic rings. The molecule has 0 aromatic heterocycles. The molecule has 0 aliphatic carbocycles. The molecule has 0 saturated carbocycles. The monoisotopic (exact) mass is 559 g/mol. The van der Waals surface area contributed by atoms with Gasteiger partial charge in [-0.3, -0.25) is 4.79 Å². The molecule has 1 N–H and O–H groups in total. The van der Waals surface area contributed by atoms with Gasteiger partial charge in [-0.25, -0.2) is 14.4 Å². The Kier molecular flexibility index (Phi) is 13.4. The van der Waals surface area contributed by atoms with Gasteiger partial charge in [0.2, 0.25) is 0 Å². The zero-order valence-electron chi connectivity index (χ0n) is 23.5. The Morgan fingerprint density at radius 3 is 1.95 bits per heavy atom. The maximum absolute atomic E-state index is 12.4. The Hall–Kier alpha value is -4.12. The van der Waals surface area contributed by atoms with E-state index in [0.717, 1.165) is 0 Å². The number of esters is 2. The highest BCUT2D eigenvalue weighted by atomic mass is 16.7. The van der Waals surface area contributed by atoms with Crippen molar-refractivity contribution >= 4 is 24.2 Å². The van der Waals surface area contributed by atoms with Crippen molar-refractivity contribution in [3.05, 3.63) is 59.7 Å². The van der Waals surface area contributed by atoms with Gasteiger partial charge in [-0.15, -0.1) is 0 Å². The van der Waals surface area contributed by atoms with Crippen LogP contribution in [0, 0.1) is 11.8 Å². The summed E-state index contributed by atoms with van der Waals surface area (Å²) in [7, 11) is 1.26. The Labute approximate surface area is 234 Å². The smallest absolute Gasteiger partial charge is 0.468 e. The molecule has 1 atom stereocenters. The third kappa shape index (κ3) is 11.7. The average Bonchev–Trinajstić information content (AvgIpc) is 2.93. The SMILES string of the molecule is COC(=O)[C@H](Cc1ccc(OC(=O)OCC(C)C)c(OC(=O)OCC(C)C)c1)NCCOC(=O)c1ccccc1. The molecule has 2 aromatic rings. The molecule has 0 saturated heterocycles. The Morgan fingerprint density at radius 1 is 0.775 bits per heavy atom. The zero-order chi connectivity index (χ0) is 29.5. The molecule has 0 unspecified atom stereocenters. The summed E-state index contributed by atoms with van der Waals surface area (Å²) in [6, 6.07) is 12.2. The largest absolute Gasteiger partial charge is 0.513 e. The summed E-state index contributed by atoms with van der Waals surface area (Å²) in [6.45, 7) is 7.96. The van der Waals surface area contributed by atoms with Crippen LogP contribution in [0.2, 0.25) is 0 Å². The number of rotatable bonds is 14. The van der Waals surface area contributed by atoms with Crippen LogP contribution in [0.4, 0.5) is 9.59 Å². The molecule has 218 valence electrons. The number of carbonyl (C=O) groups excluding carboxylic acids is 4. The summed E-state index contributed by atoms with van der Waals surface area (Å²) in [4.78, 5) is 48.9. The molecular formula is C29H37NO10. The van der Waals surface area contributed by atoms with Crippen LogP contribution in [0.15, 0.2) is 48.5 Å². The Bertz CT molecular complexity index is 1120. The van der Waals surface area contributed by atoms with Gasteiger partial charge in [0.15, 0.2) is 11.5 Å². The van der Waals surface area contributed by atoms with Gasteiger partial charge < -0.3 is 33.7 Å². The first-order chi connectivity index (χ1) is 19.1. The fourth-order valence-corrected chi connectivity index (χ4v) is 3.20. The first-order valence-corrected chi connectivity index (χ1v) is 12.9. The van der Waals surface area contributed by atoms with Crippen molar-refractivity contribution in [3.63, 3.8) is 0 Å². The first-order valence-electron chi connectivity index (χ1n) is 12.9. The number of carbonyl (C=O) groups is 4. The molecule has 0 spiro atoms. The lowest BCUT2D eigenvalue weighted by molar-refractivity contribution is -0.143. The minimum absolute atomic E-state index is 0.0164. The van der Waals surface area contributed by atoms with Crippen molar-refractivity contribution in [2.45, 2.75) is 40.2 Å². The van der Waals surface area contributed by atoms with Gasteiger partial charge in [-0.05, 0) is 48.1 Å². The summed E-state index contributed by atoms with van der Waals surface area (Å²) >= 11 is 0. The summed E-state index contributed by atoms with van der Waals surface area (Å²) in [5.41, 5.74) is 0.973. The molecule has 0 heterocycles. The summed E-state index contributed by atoms with van der Waals surface area (Å²) in [5, 5.41) is 3.00. The maximum Gasteiger partial charge on any atom is 0.513 e. The van der Waals surface area contributed by atoms with Crippen LogP contribution in [0.5, 0.6) is 11.5 Å². The molecule has 11 heteroatoms. The first kappa shape index (κ1) is 32.1. The van der Waals surface area contributed by atoms with Crippen LogP contribution >= 0.6 is 0 Å². The third-order valence-corrected chi connectivity index (χ3v) is 5.12. The minimum atomic E-state index is -0.978. The van der Waals surface area contributed by atoms with Crippen LogP contribution in [-0.2, 0) is 30.2 Å². The summed E-state index contributed by atoms with van der Waals surface area (Å²) in [5.74, 6) is -1.00. The summed E-state index contributed by atoms with van der Waals surface area (Å²) in [6.07, 6.45) is -1.82. The van der Waals surface area contributed by atoms with Crippen LogP contribution in [0.3, 0.4) is 0 Å². The normalized spacial score (nSPS) is 11.5. The van der Waals surface area contributed by atoms with E-state index in [4.69, 9.17) is 28.4 Å². The molecule has 40 heavy (non-hydrogen) atoms. The highest BCUT2D eigenvalue weighted by molar-refractivity contribution is 5.89. The molecule has 0 aliphatic heterocycles. The van der Waals surface area contributed by atoms with E-state index in [-0.39, 0.29) is 56.1 Å². The van der Waals surface area contributed by atoms with Crippen LogP contribution in [0.25, 0.3) is 0 Å². The molecule has 2 aromatic carbocycles. The standard InChI is InChI=1S/C29H37NO10/c1-19(2)17-37-28(33)39-24-12-11-21(16-25(24)40-29(34)38-18-20(3)4)15-23(27(32)35-5)30-13-14-36-26(31)22-9-7-6-8-10-22/h6-12,16,19-20,23,30H,13-15,17-18H2,1-5H3/t23-/m0/s1. The molecular weight excluding hydrogens is 522 g/mol. The van der Waals surface area contributed by atoms with Gasteiger partial charge in [0.25, 0.3) is 0 Å². The van der Waals surface area contributed by atoms with Crippen molar-refractivity contribution < 1.29 is 47.6 Å². The molecule has 0 amide bonds. The molecule has 0 fully saturated rings. The van der Waals surface area contributed by atoms with Gasteiger partial charge in [0.05, 0.1) is 25.9 Å². The number of methoxy groups -OCH3 is 1. The van der Waals surface area contributed by atoms with Crippen molar-refractivity contribution in [1.29, 1.82) is 0 Å². The quantitative estimate of drug-likeness (QED) is 0.151. The fourth-order valence-electron chi connectivity index (χ4n) is 3.20. The van der Waals surface area contributed by atoms with Gasteiger partial charge in [-0.2, -0.15) is 0 Å². The van der Waals surface area contributed by atoms with Crippen LogP contribution in [0.1, 0.15) is 43.6 Å². The topological polar surface area (TPSA) is 136 Å². The lowest BCUT2D eigenvalue weighted by Crippen LogP contribution is -2.41. The number of hydrogen-bond donors (Lipinski definition) is 1. The Morgan fingerprint density at radius 2 is 1.38 bits per heavy atom. The number of hydrogen-bond acceptors (Lipinski definition) is 11. The third-order valence-electron chi connectivity index (χ3n) is 5.12. The van der Waals surface area contributed by atoms with E-state index in [1.807, 2.05) is 27.7 Å². The predicted molar refractivity (Wildman–Crippen MR) is 144 cm³/mol. The number of benzene rings is 2. The predicted octanol–water partition coefficient (Wildman–Crippen LogP) is 4.56. The van der Waals surface area contributed by atoms with Crippen molar-refractivity contribution in [2.75, 3.05) is 33.5 Å². The van der Waals surface area contributed by atoms with E-state index in [9.17, 15) is 19.2 Å². The fraction of sp³-hybridized carbons (Fsp3) is 0.448. The van der Waals surface area contributed by atoms with Gasteiger partial charge in [0, 0.05) is 6.54 Å². The van der Waals surface area contributed by atoms with E-state index in [2.05, 4.69) is 5.32 Å². The van der Waals surface area contributed by atoms with Gasteiger partial charge >= 0.3 is 24.2 Å². The lowest BCUT2D eigenvalue weighted by atomic mass is 10.1. The summed E-state index contributed by atoms with van der Waals surface area (Å²) < 4.78 is 30.8. The van der Waals surface area contributed by atoms with Crippen molar-refractivity contribution in [1.82, 2.24) is 5.32 Å². The van der Waals surface area contributed by atoms with E-state index in [0.29, 0.717) is 11.1 Å². The van der Waals surface area contributed by atoms with Crippen LogP contribution in [-0.4, -0.2) is 63.8 Å². The van der Waals surface area contributed by atoms with Gasteiger partial charge in [-0.1, -0.05) is 52.0 Å². The Balaban J connectivity index is 2.10. The van der Waals surface area contributed by atoms with E-state index >= 15 is 0 Å². The van der Waals surface area contributed by atoms with E-state index in [1.54, 1.807) is 36.4 Å². The lowest BCUT2D eigenvalue weighted by Gasteiger charge is -2.18. The second-order valence-electron chi connectivity index (χ2n) is 9.63. The minimum Gasteiger partial charge on any atom is -0.468 e. The zero-order valence-corrected chi connectivity index (χ0v) is 23.5. The van der Waals surface area contributed by atoms with E-state index in [1.165, 1.54) is 19.2 Å². The molecule has 11 nitrogen and oxygen atoms in total. The molecule has 0 bridgehead atoms.